The van der Waals surface area contributed by atoms with Crippen LogP contribution in [-0.2, 0) is 0 Å². The van der Waals surface area contributed by atoms with Gasteiger partial charge < -0.3 is 5.32 Å². The van der Waals surface area contributed by atoms with E-state index < -0.39 is 0 Å². The van der Waals surface area contributed by atoms with Crippen molar-refractivity contribution in [1.82, 2.24) is 4.98 Å². The van der Waals surface area contributed by atoms with Gasteiger partial charge in [0.25, 0.3) is 0 Å². The van der Waals surface area contributed by atoms with Crippen molar-refractivity contribution >= 4 is 5.82 Å². The van der Waals surface area contributed by atoms with Crippen molar-refractivity contribution in [2.24, 2.45) is 0 Å². The fourth-order valence-corrected chi connectivity index (χ4v) is 1.69. The summed E-state index contributed by atoms with van der Waals surface area (Å²) < 4.78 is 0. The number of nitrogens with zero attached hydrogens (tertiary/aromatic N) is 2. The van der Waals surface area contributed by atoms with Crippen LogP contribution in [0.4, 0.5) is 5.82 Å². The Morgan fingerprint density at radius 2 is 2.13 bits per heavy atom. The summed E-state index contributed by atoms with van der Waals surface area (Å²) in [5.74, 6) is 0.714. The van der Waals surface area contributed by atoms with Crippen molar-refractivity contribution in [3.05, 3.63) is 35.5 Å². The maximum Gasteiger partial charge on any atom is 0.144 e. The topological polar surface area (TPSA) is 48.7 Å². The van der Waals surface area contributed by atoms with Gasteiger partial charge in [-0.15, -0.1) is 0 Å². The Labute approximate surface area is 89.5 Å². The Morgan fingerprint density at radius 3 is 2.80 bits per heavy atom. The zero-order valence-corrected chi connectivity index (χ0v) is 8.70. The summed E-state index contributed by atoms with van der Waals surface area (Å²) in [7, 11) is 0. The lowest BCUT2D eigenvalue weighted by Crippen LogP contribution is -2.17. The molecule has 0 radical (unpaired) electrons. The first-order valence-electron chi connectivity index (χ1n) is 5.09. The summed E-state index contributed by atoms with van der Waals surface area (Å²) in [6, 6.07) is 6.22. The molecule has 3 nitrogen and oxygen atoms in total. The first-order valence-corrected chi connectivity index (χ1v) is 5.09. The minimum absolute atomic E-state index is 0.395. The molecule has 0 spiro atoms. The summed E-state index contributed by atoms with van der Waals surface area (Å²) in [6.07, 6.45) is 6.33. The highest BCUT2D eigenvalue weighted by molar-refractivity contribution is 5.53. The van der Waals surface area contributed by atoms with E-state index in [2.05, 4.69) is 28.5 Å². The van der Waals surface area contributed by atoms with Crippen LogP contribution in [0.2, 0.25) is 0 Å². The van der Waals surface area contributed by atoms with E-state index in [0.717, 1.165) is 18.5 Å². The Morgan fingerprint density at radius 1 is 1.40 bits per heavy atom. The molecule has 1 aromatic rings. The fourth-order valence-electron chi connectivity index (χ4n) is 1.69. The number of hydrogen-bond donors (Lipinski definition) is 1. The lowest BCUT2D eigenvalue weighted by molar-refractivity contribution is 0.779. The van der Waals surface area contributed by atoms with E-state index in [9.17, 15) is 0 Å². The van der Waals surface area contributed by atoms with Crippen LogP contribution in [0.25, 0.3) is 0 Å². The van der Waals surface area contributed by atoms with Gasteiger partial charge in [0.1, 0.15) is 11.9 Å². The molecule has 1 aromatic heterocycles. The first-order chi connectivity index (χ1) is 7.29. The Bertz CT molecular complexity index is 421. The molecule has 0 saturated carbocycles. The normalized spacial score (nSPS) is 15.2. The molecule has 1 heterocycles. The number of hydrogen-bond acceptors (Lipinski definition) is 3. The maximum atomic E-state index is 8.94. The van der Waals surface area contributed by atoms with Crippen molar-refractivity contribution in [3.8, 4) is 6.07 Å². The number of nitriles is 1. The molecule has 0 bridgehead atoms. The number of anilines is 1. The second kappa shape index (κ2) is 4.14. The third-order valence-electron chi connectivity index (χ3n) is 2.50. The van der Waals surface area contributed by atoms with Crippen molar-refractivity contribution in [3.63, 3.8) is 0 Å². The van der Waals surface area contributed by atoms with Gasteiger partial charge in [-0.1, -0.05) is 12.2 Å². The minimum Gasteiger partial charge on any atom is -0.366 e. The summed E-state index contributed by atoms with van der Waals surface area (Å²) >= 11 is 0. The molecule has 0 atom stereocenters. The molecular weight excluding hydrogens is 186 g/mol. The summed E-state index contributed by atoms with van der Waals surface area (Å²) in [5, 5.41) is 12.2. The second-order valence-corrected chi connectivity index (χ2v) is 3.74. The van der Waals surface area contributed by atoms with Gasteiger partial charge in [0.2, 0.25) is 0 Å². The van der Waals surface area contributed by atoms with Gasteiger partial charge in [-0.3, -0.25) is 0 Å². The number of nitrogens with one attached hydrogen (secondary N) is 1. The van der Waals surface area contributed by atoms with Crippen LogP contribution in [0.5, 0.6) is 0 Å². The number of rotatable bonds is 2. The standard InChI is InChI=1S/C12H13N3/c1-9-6-7-10(8-13)12(14-9)15-11-4-2-3-5-11/h2-3,6-7,11H,4-5H2,1H3,(H,14,15). The molecule has 1 N–H and O–H groups in total. The monoisotopic (exact) mass is 199 g/mol. The molecular formula is C12H13N3. The maximum absolute atomic E-state index is 8.94. The van der Waals surface area contributed by atoms with E-state index in [1.165, 1.54) is 0 Å². The molecule has 3 heteroatoms. The average molecular weight is 199 g/mol. The van der Waals surface area contributed by atoms with Crippen molar-refractivity contribution in [1.29, 1.82) is 5.26 Å². The molecule has 1 aliphatic carbocycles. The van der Waals surface area contributed by atoms with Crippen LogP contribution >= 0.6 is 0 Å². The van der Waals surface area contributed by atoms with Gasteiger partial charge in [0.05, 0.1) is 5.56 Å². The third-order valence-corrected chi connectivity index (χ3v) is 2.50. The van der Waals surface area contributed by atoms with Crippen LogP contribution in [0.15, 0.2) is 24.3 Å². The predicted molar refractivity (Wildman–Crippen MR) is 59.5 cm³/mol. The SMILES string of the molecule is Cc1ccc(C#N)c(NC2CC=CC2)n1. The van der Waals surface area contributed by atoms with Gasteiger partial charge in [-0.05, 0) is 31.9 Å². The molecule has 2 rings (SSSR count). The van der Waals surface area contributed by atoms with Gasteiger partial charge in [0.15, 0.2) is 0 Å². The Hall–Kier alpha value is -1.82. The van der Waals surface area contributed by atoms with E-state index in [-0.39, 0.29) is 0 Å². The molecule has 76 valence electrons. The van der Waals surface area contributed by atoms with E-state index >= 15 is 0 Å². The average Bonchev–Trinajstić information content (AvgIpc) is 2.71. The smallest absolute Gasteiger partial charge is 0.144 e. The van der Waals surface area contributed by atoms with E-state index in [0.29, 0.717) is 17.4 Å². The van der Waals surface area contributed by atoms with Crippen molar-refractivity contribution < 1.29 is 0 Å². The number of aryl methyl sites for hydroxylation is 1. The molecule has 0 saturated heterocycles. The number of pyridine rings is 1. The second-order valence-electron chi connectivity index (χ2n) is 3.74. The number of aromatic nitrogens is 1. The predicted octanol–water partition coefficient (Wildman–Crippen LogP) is 2.39. The summed E-state index contributed by atoms with van der Waals surface area (Å²) in [6.45, 7) is 1.93. The van der Waals surface area contributed by atoms with Gasteiger partial charge >= 0.3 is 0 Å². The molecule has 0 unspecified atom stereocenters. The van der Waals surface area contributed by atoms with Gasteiger partial charge in [-0.25, -0.2) is 4.98 Å². The van der Waals surface area contributed by atoms with Crippen LogP contribution in [0.3, 0.4) is 0 Å². The Balaban J connectivity index is 2.19. The zero-order valence-electron chi connectivity index (χ0n) is 8.70. The molecule has 0 aromatic carbocycles. The minimum atomic E-state index is 0.395. The highest BCUT2D eigenvalue weighted by Gasteiger charge is 2.12. The lowest BCUT2D eigenvalue weighted by Gasteiger charge is -2.13. The van der Waals surface area contributed by atoms with Crippen LogP contribution < -0.4 is 5.32 Å². The summed E-state index contributed by atoms with van der Waals surface area (Å²) in [4.78, 5) is 4.35. The summed E-state index contributed by atoms with van der Waals surface area (Å²) in [5.41, 5.74) is 1.55. The van der Waals surface area contributed by atoms with E-state index in [4.69, 9.17) is 5.26 Å². The molecule has 1 aliphatic rings. The Kier molecular flexibility index (Phi) is 2.68. The van der Waals surface area contributed by atoms with E-state index in [1.54, 1.807) is 0 Å². The third kappa shape index (κ3) is 2.16. The van der Waals surface area contributed by atoms with E-state index in [1.807, 2.05) is 19.1 Å². The van der Waals surface area contributed by atoms with Crippen LogP contribution in [-0.4, -0.2) is 11.0 Å². The van der Waals surface area contributed by atoms with Crippen LogP contribution in [0.1, 0.15) is 24.1 Å². The highest BCUT2D eigenvalue weighted by Crippen LogP contribution is 2.18. The first kappa shape index (κ1) is 9.72. The van der Waals surface area contributed by atoms with Gasteiger partial charge in [0, 0.05) is 11.7 Å². The fraction of sp³-hybridized carbons (Fsp3) is 0.333. The highest BCUT2D eigenvalue weighted by atomic mass is 15.0. The quantitative estimate of drug-likeness (QED) is 0.744. The van der Waals surface area contributed by atoms with Crippen molar-refractivity contribution in [2.75, 3.05) is 5.32 Å². The zero-order chi connectivity index (χ0) is 10.7. The van der Waals surface area contributed by atoms with Crippen LogP contribution in [0, 0.1) is 18.3 Å². The molecule has 15 heavy (non-hydrogen) atoms. The molecule has 0 fully saturated rings. The lowest BCUT2D eigenvalue weighted by atomic mass is 10.2. The van der Waals surface area contributed by atoms with Crippen molar-refractivity contribution in [2.45, 2.75) is 25.8 Å². The van der Waals surface area contributed by atoms with Gasteiger partial charge in [-0.2, -0.15) is 5.26 Å². The largest absolute Gasteiger partial charge is 0.366 e. The molecule has 0 amide bonds. The molecule has 0 aliphatic heterocycles.